The van der Waals surface area contributed by atoms with Crippen molar-refractivity contribution in [3.8, 4) is 17.2 Å². The Morgan fingerprint density at radius 3 is 2.45 bits per heavy atom. The summed E-state index contributed by atoms with van der Waals surface area (Å²) >= 11 is 0. The fraction of sp³-hybridized carbons (Fsp3) is 0.276. The highest BCUT2D eigenvalue weighted by Gasteiger charge is 2.34. The number of nitrogens with zero attached hydrogens (tertiary/aromatic N) is 4. The first-order valence-corrected chi connectivity index (χ1v) is 12.5. The monoisotopic (exact) mass is 553 g/mol. The number of hydrogen-bond donors (Lipinski definition) is 1. The number of carbonyl (C=O) groups excluding carboxylic acids is 1. The first-order chi connectivity index (χ1) is 19.2. The number of hydrogen-bond acceptors (Lipinski definition) is 5. The largest absolute Gasteiger partial charge is 0.419 e. The van der Waals surface area contributed by atoms with Crippen LogP contribution >= 0.6 is 0 Å². The van der Waals surface area contributed by atoms with Crippen LogP contribution in [-0.4, -0.2) is 49.9 Å². The highest BCUT2D eigenvalue weighted by atomic mass is 19.4. The molecule has 0 radical (unpaired) electrons. The van der Waals surface area contributed by atoms with E-state index in [2.05, 4.69) is 21.4 Å². The van der Waals surface area contributed by atoms with Gasteiger partial charge in [0.25, 0.3) is 0 Å². The molecule has 7 nitrogen and oxygen atoms in total. The number of anilines is 2. The van der Waals surface area contributed by atoms with Gasteiger partial charge in [0.05, 0.1) is 22.9 Å². The number of likely N-dealkylation sites (tertiary alicyclic amines) is 1. The Labute approximate surface area is 229 Å². The summed E-state index contributed by atoms with van der Waals surface area (Å²) in [6, 6.07) is 18.0. The minimum atomic E-state index is -4.90. The fourth-order valence-corrected chi connectivity index (χ4v) is 4.46. The molecule has 1 fully saturated rings. The molecule has 1 N–H and O–H groups in total. The van der Waals surface area contributed by atoms with Crippen LogP contribution in [0.3, 0.4) is 0 Å². The second-order valence-electron chi connectivity index (χ2n) is 9.20. The molecule has 3 aromatic carbocycles. The Hall–Kier alpha value is -4.43. The van der Waals surface area contributed by atoms with Crippen molar-refractivity contribution in [2.24, 2.45) is 5.16 Å². The Bertz CT molecular complexity index is 1410. The third-order valence-corrected chi connectivity index (χ3v) is 6.57. The number of benzene rings is 3. The molecule has 11 heteroatoms. The molecule has 0 saturated carbocycles. The predicted molar refractivity (Wildman–Crippen MR) is 144 cm³/mol. The van der Waals surface area contributed by atoms with Gasteiger partial charge in [-0.3, -0.25) is 4.90 Å². The van der Waals surface area contributed by atoms with E-state index in [1.807, 2.05) is 6.07 Å². The van der Waals surface area contributed by atoms with Gasteiger partial charge >= 0.3 is 12.2 Å². The van der Waals surface area contributed by atoms with Gasteiger partial charge in [0.15, 0.2) is 0 Å². The molecule has 0 bridgehead atoms. The number of carbonyl (C=O) groups is 1. The first kappa shape index (κ1) is 28.6. The summed E-state index contributed by atoms with van der Waals surface area (Å²) in [6.07, 6.45) is -3.44. The summed E-state index contributed by atoms with van der Waals surface area (Å²) in [5.41, 5.74) is 2.02. The summed E-state index contributed by atoms with van der Waals surface area (Å²) in [7, 11) is 1.50. The predicted octanol–water partition coefficient (Wildman–Crippen LogP) is 6.52. The molecule has 1 saturated heterocycles. The maximum atomic E-state index is 13.8. The Morgan fingerprint density at radius 2 is 1.80 bits per heavy atom. The fourth-order valence-electron chi connectivity index (χ4n) is 4.46. The summed E-state index contributed by atoms with van der Waals surface area (Å²) in [5, 5.41) is 15.7. The molecule has 1 aliphatic heterocycles. The van der Waals surface area contributed by atoms with Gasteiger partial charge in [0, 0.05) is 50.4 Å². The second kappa shape index (κ2) is 12.6. The Balaban J connectivity index is 1.55. The van der Waals surface area contributed by atoms with Crippen LogP contribution in [0.4, 0.5) is 33.7 Å². The van der Waals surface area contributed by atoms with Gasteiger partial charge in [-0.25, -0.2) is 9.18 Å². The minimum Gasteiger partial charge on any atom is -0.399 e. The van der Waals surface area contributed by atoms with Crippen molar-refractivity contribution in [2.75, 3.05) is 43.5 Å². The first-order valence-electron chi connectivity index (χ1n) is 12.5. The van der Waals surface area contributed by atoms with Crippen molar-refractivity contribution in [2.45, 2.75) is 19.0 Å². The topological polar surface area (TPSA) is 81.0 Å². The number of nitrogens with one attached hydrogen (secondary N) is 1. The van der Waals surface area contributed by atoms with Gasteiger partial charge in [-0.15, -0.1) is 0 Å². The van der Waals surface area contributed by atoms with Crippen molar-refractivity contribution < 1.29 is 27.2 Å². The summed E-state index contributed by atoms with van der Waals surface area (Å²) < 4.78 is 53.4. The van der Waals surface area contributed by atoms with Crippen LogP contribution in [0.15, 0.2) is 71.9 Å². The molecule has 0 unspecified atom stereocenters. The molecule has 0 spiro atoms. The highest BCUT2D eigenvalue weighted by molar-refractivity contribution is 6.02. The van der Waals surface area contributed by atoms with E-state index in [1.165, 1.54) is 12.0 Å². The lowest BCUT2D eigenvalue weighted by molar-refractivity contribution is -0.139. The Morgan fingerprint density at radius 1 is 1.07 bits per heavy atom. The van der Waals surface area contributed by atoms with E-state index in [4.69, 9.17) is 4.84 Å². The zero-order valence-corrected chi connectivity index (χ0v) is 21.7. The zero-order chi connectivity index (χ0) is 28.7. The van der Waals surface area contributed by atoms with Crippen molar-refractivity contribution in [3.63, 3.8) is 0 Å². The van der Waals surface area contributed by atoms with Crippen LogP contribution in [-0.2, 0) is 11.0 Å². The van der Waals surface area contributed by atoms with E-state index < -0.39 is 23.6 Å². The molecule has 1 aliphatic rings. The summed E-state index contributed by atoms with van der Waals surface area (Å²) in [5.74, 6) is -1.42. The van der Waals surface area contributed by atoms with Crippen LogP contribution in [0.5, 0.6) is 0 Å². The van der Waals surface area contributed by atoms with Crippen molar-refractivity contribution in [1.29, 1.82) is 5.26 Å². The van der Waals surface area contributed by atoms with E-state index in [-0.39, 0.29) is 12.2 Å². The molecule has 0 aliphatic carbocycles. The van der Waals surface area contributed by atoms with Crippen LogP contribution < -0.4 is 10.2 Å². The van der Waals surface area contributed by atoms with E-state index in [0.29, 0.717) is 29.9 Å². The summed E-state index contributed by atoms with van der Waals surface area (Å²) in [6.45, 7) is 2.20. The smallest absolute Gasteiger partial charge is 0.399 e. The molecule has 208 valence electrons. The maximum absolute atomic E-state index is 13.8. The van der Waals surface area contributed by atoms with Gasteiger partial charge in [-0.05, 0) is 53.6 Å². The molecular weight excluding hydrogens is 526 g/mol. The number of urea groups is 1. The van der Waals surface area contributed by atoms with Crippen LogP contribution in [0.1, 0.15) is 24.0 Å². The molecule has 0 aromatic heterocycles. The number of nitriles is 1. The summed E-state index contributed by atoms with van der Waals surface area (Å²) in [4.78, 5) is 21.8. The average Bonchev–Trinajstić information content (AvgIpc) is 2.95. The third-order valence-electron chi connectivity index (χ3n) is 6.57. The normalized spacial score (nSPS) is 13.8. The van der Waals surface area contributed by atoms with Gasteiger partial charge < -0.3 is 15.1 Å². The molecule has 2 amide bonds. The number of halogens is 4. The lowest BCUT2D eigenvalue weighted by atomic mass is 10.0. The molecule has 1 heterocycles. The number of piperidine rings is 1. The van der Waals surface area contributed by atoms with E-state index in [1.54, 1.807) is 42.5 Å². The molecule has 40 heavy (non-hydrogen) atoms. The molecule has 3 aromatic rings. The number of amides is 2. The van der Waals surface area contributed by atoms with Crippen LogP contribution in [0.25, 0.3) is 11.1 Å². The second-order valence-corrected chi connectivity index (χ2v) is 9.20. The van der Waals surface area contributed by atoms with Crippen LogP contribution in [0.2, 0.25) is 0 Å². The van der Waals surface area contributed by atoms with Crippen molar-refractivity contribution in [1.82, 2.24) is 4.90 Å². The van der Waals surface area contributed by atoms with E-state index >= 15 is 0 Å². The third kappa shape index (κ3) is 7.15. The maximum Gasteiger partial charge on any atom is 0.419 e. The molecule has 0 atom stereocenters. The minimum absolute atomic E-state index is 0.174. The van der Waals surface area contributed by atoms with Crippen molar-refractivity contribution >= 4 is 23.1 Å². The van der Waals surface area contributed by atoms with E-state index in [0.717, 1.165) is 48.8 Å². The standard InChI is InChI=1S/C29H27F4N5O2/c1-40-36-23-11-13-37(14-12-23)15-16-38(28(39)35-24-7-10-27(30)26(18-24)29(31,32)33)25-8-5-21(6-9-25)22-4-2-3-20(17-22)19-34/h2-10,17-18H,11-16H2,1H3,(H,35,39). The lowest BCUT2D eigenvalue weighted by Gasteiger charge is -2.30. The van der Waals surface area contributed by atoms with Gasteiger partial charge in [0.1, 0.15) is 12.9 Å². The van der Waals surface area contributed by atoms with Gasteiger partial charge in [-0.2, -0.15) is 18.4 Å². The number of rotatable bonds is 7. The van der Waals surface area contributed by atoms with E-state index in [9.17, 15) is 27.6 Å². The lowest BCUT2D eigenvalue weighted by Crippen LogP contribution is -2.43. The number of oxime groups is 1. The molecule has 4 rings (SSSR count). The number of alkyl halides is 3. The van der Waals surface area contributed by atoms with Crippen molar-refractivity contribution in [3.05, 3.63) is 83.7 Å². The van der Waals surface area contributed by atoms with Gasteiger partial charge in [0.2, 0.25) is 0 Å². The zero-order valence-electron chi connectivity index (χ0n) is 21.7. The van der Waals surface area contributed by atoms with Crippen LogP contribution in [0, 0.1) is 17.1 Å². The Kier molecular flexibility index (Phi) is 9.01. The molecular formula is C29H27F4N5O2. The quantitative estimate of drug-likeness (QED) is 0.267. The average molecular weight is 554 g/mol. The SMILES string of the molecule is CON=C1CCN(CCN(C(=O)Nc2ccc(F)c(C(F)(F)F)c2)c2ccc(-c3cccc(C#N)c3)cc2)CC1. The van der Waals surface area contributed by atoms with Gasteiger partial charge in [-0.1, -0.05) is 29.4 Å². The highest BCUT2D eigenvalue weighted by Crippen LogP contribution is 2.33.